The molecule has 2 aromatic carbocycles. The number of carbonyl (C=O) groups excluding carboxylic acids is 1. The van der Waals surface area contributed by atoms with Crippen LogP contribution in [0, 0.1) is 0 Å². The second kappa shape index (κ2) is 7.96. The number of nitrogens with zero attached hydrogens (tertiary/aromatic N) is 6. The Morgan fingerprint density at radius 1 is 1.18 bits per heavy atom. The number of carbonyl (C=O) groups is 1. The third-order valence-corrected chi connectivity index (χ3v) is 4.82. The van der Waals surface area contributed by atoms with Gasteiger partial charge >= 0.3 is 0 Å². The van der Waals surface area contributed by atoms with Gasteiger partial charge in [-0.15, -0.1) is 5.10 Å². The molecular formula is C20H16N8O5. The van der Waals surface area contributed by atoms with E-state index >= 15 is 0 Å². The van der Waals surface area contributed by atoms with Crippen LogP contribution in [0.1, 0.15) is 23.0 Å². The summed E-state index contributed by atoms with van der Waals surface area (Å²) in [6.45, 7) is 1.78. The van der Waals surface area contributed by atoms with Crippen molar-refractivity contribution >= 4 is 17.4 Å². The first kappa shape index (κ1) is 20.0. The van der Waals surface area contributed by atoms with Crippen LogP contribution in [0.5, 0.6) is 17.2 Å². The van der Waals surface area contributed by atoms with Gasteiger partial charge in [-0.25, -0.2) is 10.1 Å². The number of nitrogen functional groups attached to an aromatic ring is 1. The summed E-state index contributed by atoms with van der Waals surface area (Å²) >= 11 is 0. The van der Waals surface area contributed by atoms with Gasteiger partial charge in [0.05, 0.1) is 5.71 Å². The lowest BCUT2D eigenvalue weighted by Crippen LogP contribution is -2.21. The molecule has 0 spiro atoms. The molecule has 0 fully saturated rings. The van der Waals surface area contributed by atoms with Crippen molar-refractivity contribution in [3.8, 4) is 34.3 Å². The van der Waals surface area contributed by atoms with Crippen molar-refractivity contribution in [2.24, 2.45) is 5.10 Å². The standard InChI is InChI=1S/C20H16N8O5/c1-10(11-3-2-4-13(29)7-11)22-24-20(30)16-17(12-5-6-14-15(8-12)32-9-31-14)28(27-23-16)19-18(21)25-33-26-19/h2-8,29H,9H2,1H3,(H2,21,25)(H,24,30)/b22-10-. The van der Waals surface area contributed by atoms with Crippen LogP contribution in [0.3, 0.4) is 0 Å². The van der Waals surface area contributed by atoms with E-state index in [9.17, 15) is 9.90 Å². The maximum absolute atomic E-state index is 13.0. The van der Waals surface area contributed by atoms with E-state index in [1.165, 1.54) is 16.8 Å². The molecule has 0 saturated carbocycles. The highest BCUT2D eigenvalue weighted by Crippen LogP contribution is 2.37. The number of hydrogen-bond acceptors (Lipinski definition) is 11. The summed E-state index contributed by atoms with van der Waals surface area (Å²) in [7, 11) is 0. The number of phenolic OH excluding ortho intramolecular Hbond substituents is 1. The Hall–Kier alpha value is -4.94. The van der Waals surface area contributed by atoms with E-state index in [4.69, 9.17) is 15.2 Å². The Morgan fingerprint density at radius 3 is 2.82 bits per heavy atom. The normalized spacial score (nSPS) is 12.7. The number of rotatable bonds is 5. The Bertz CT molecular complexity index is 1390. The smallest absolute Gasteiger partial charge is 0.294 e. The van der Waals surface area contributed by atoms with Crippen LogP contribution >= 0.6 is 0 Å². The molecule has 0 saturated heterocycles. The minimum absolute atomic E-state index is 0.0356. The van der Waals surface area contributed by atoms with Gasteiger partial charge in [0.2, 0.25) is 18.4 Å². The van der Waals surface area contributed by atoms with Gasteiger partial charge in [-0.3, -0.25) is 4.79 Å². The molecule has 5 rings (SSSR count). The zero-order chi connectivity index (χ0) is 22.9. The number of aromatic hydroxyl groups is 1. The third kappa shape index (κ3) is 3.67. The molecule has 4 N–H and O–H groups in total. The predicted octanol–water partition coefficient (Wildman–Crippen LogP) is 1.49. The van der Waals surface area contributed by atoms with Gasteiger partial charge in [-0.1, -0.05) is 17.3 Å². The maximum atomic E-state index is 13.0. The molecule has 13 nitrogen and oxygen atoms in total. The van der Waals surface area contributed by atoms with Gasteiger partial charge in [-0.05, 0) is 47.6 Å². The van der Waals surface area contributed by atoms with Crippen molar-refractivity contribution in [2.75, 3.05) is 12.5 Å². The largest absolute Gasteiger partial charge is 0.508 e. The lowest BCUT2D eigenvalue weighted by Gasteiger charge is -2.07. The summed E-state index contributed by atoms with van der Waals surface area (Å²) < 4.78 is 16.7. The summed E-state index contributed by atoms with van der Waals surface area (Å²) in [5.41, 5.74) is 10.1. The Morgan fingerprint density at radius 2 is 2.03 bits per heavy atom. The van der Waals surface area contributed by atoms with Gasteiger partial charge in [0.15, 0.2) is 17.2 Å². The molecule has 0 radical (unpaired) electrons. The predicted molar refractivity (Wildman–Crippen MR) is 113 cm³/mol. The molecule has 1 amide bonds. The van der Waals surface area contributed by atoms with Gasteiger partial charge in [0, 0.05) is 11.1 Å². The SMILES string of the molecule is C/C(=N/NC(=O)c1nnn(-c2nonc2N)c1-c1ccc2c(c1)OCO2)c1cccc(O)c1. The molecule has 33 heavy (non-hydrogen) atoms. The molecule has 3 heterocycles. The molecule has 0 unspecified atom stereocenters. The first-order chi connectivity index (χ1) is 16.0. The molecule has 1 aliphatic heterocycles. The van der Waals surface area contributed by atoms with E-state index in [0.717, 1.165) is 0 Å². The van der Waals surface area contributed by atoms with Crippen molar-refractivity contribution in [2.45, 2.75) is 6.92 Å². The average molecular weight is 448 g/mol. The quantitative estimate of drug-likeness (QED) is 0.299. The third-order valence-electron chi connectivity index (χ3n) is 4.82. The monoisotopic (exact) mass is 448 g/mol. The fourth-order valence-corrected chi connectivity index (χ4v) is 3.21. The van der Waals surface area contributed by atoms with Crippen molar-refractivity contribution < 1.29 is 24.0 Å². The first-order valence-corrected chi connectivity index (χ1v) is 9.59. The number of nitrogens with one attached hydrogen (secondary N) is 1. The highest BCUT2D eigenvalue weighted by Gasteiger charge is 2.27. The van der Waals surface area contributed by atoms with Crippen molar-refractivity contribution in [1.29, 1.82) is 0 Å². The van der Waals surface area contributed by atoms with Crippen molar-refractivity contribution in [1.82, 2.24) is 30.7 Å². The van der Waals surface area contributed by atoms with Crippen molar-refractivity contribution in [3.63, 3.8) is 0 Å². The first-order valence-electron chi connectivity index (χ1n) is 9.59. The molecule has 0 atom stereocenters. The zero-order valence-electron chi connectivity index (χ0n) is 17.1. The Kier molecular flexibility index (Phi) is 4.82. The minimum atomic E-state index is -0.636. The summed E-state index contributed by atoms with van der Waals surface area (Å²) in [6, 6.07) is 11.6. The molecule has 4 aromatic rings. The molecular weight excluding hydrogens is 432 g/mol. The Labute approximate surface area is 185 Å². The van der Waals surface area contributed by atoms with Gasteiger partial charge in [0.25, 0.3) is 5.91 Å². The van der Waals surface area contributed by atoms with Crippen LogP contribution in [0.4, 0.5) is 5.82 Å². The van der Waals surface area contributed by atoms with Crippen LogP contribution in [0.2, 0.25) is 0 Å². The molecule has 1 aliphatic rings. The fourth-order valence-electron chi connectivity index (χ4n) is 3.21. The van der Waals surface area contributed by atoms with E-state index in [1.807, 2.05) is 0 Å². The number of benzene rings is 2. The minimum Gasteiger partial charge on any atom is -0.508 e. The van der Waals surface area contributed by atoms with E-state index in [2.05, 4.69) is 35.8 Å². The maximum Gasteiger partial charge on any atom is 0.294 e. The number of aromatic nitrogens is 5. The number of nitrogens with two attached hydrogens (primary N) is 1. The highest BCUT2D eigenvalue weighted by molar-refractivity contribution is 6.02. The van der Waals surface area contributed by atoms with Crippen LogP contribution in [-0.4, -0.2) is 48.8 Å². The second-order valence-corrected chi connectivity index (χ2v) is 6.93. The van der Waals surface area contributed by atoms with Crippen LogP contribution < -0.4 is 20.6 Å². The number of phenols is 1. The molecule has 0 aliphatic carbocycles. The molecule has 166 valence electrons. The van der Waals surface area contributed by atoms with Gasteiger partial charge in [0.1, 0.15) is 11.4 Å². The summed E-state index contributed by atoms with van der Waals surface area (Å²) in [4.78, 5) is 13.0. The highest BCUT2D eigenvalue weighted by atomic mass is 16.7. The van der Waals surface area contributed by atoms with Gasteiger partial charge < -0.3 is 20.3 Å². The number of ether oxygens (including phenoxy) is 2. The molecule has 0 bridgehead atoms. The molecule has 13 heteroatoms. The number of hydrogen-bond donors (Lipinski definition) is 3. The number of anilines is 1. The van der Waals surface area contributed by atoms with E-state index < -0.39 is 5.91 Å². The summed E-state index contributed by atoms with van der Waals surface area (Å²) in [6.07, 6.45) is 0. The van der Waals surface area contributed by atoms with Gasteiger partial charge in [-0.2, -0.15) is 9.78 Å². The van der Waals surface area contributed by atoms with Crippen LogP contribution in [0.15, 0.2) is 52.2 Å². The molecule has 2 aromatic heterocycles. The summed E-state index contributed by atoms with van der Waals surface area (Å²) in [5, 5.41) is 29.1. The zero-order valence-corrected chi connectivity index (χ0v) is 17.1. The topological polar surface area (TPSA) is 176 Å². The lowest BCUT2D eigenvalue weighted by molar-refractivity contribution is 0.0950. The summed E-state index contributed by atoms with van der Waals surface area (Å²) in [5.74, 6) is 0.539. The van der Waals surface area contributed by atoms with E-state index in [0.29, 0.717) is 28.3 Å². The van der Waals surface area contributed by atoms with E-state index in [1.54, 1.807) is 37.3 Å². The second-order valence-electron chi connectivity index (χ2n) is 6.93. The van der Waals surface area contributed by atoms with E-state index in [-0.39, 0.29) is 35.6 Å². The van der Waals surface area contributed by atoms with Crippen LogP contribution in [0.25, 0.3) is 17.1 Å². The number of hydrazone groups is 1. The van der Waals surface area contributed by atoms with Crippen LogP contribution in [-0.2, 0) is 0 Å². The fraction of sp³-hybridized carbons (Fsp3) is 0.100. The number of amides is 1. The average Bonchev–Trinajstić information content (AvgIpc) is 3.55. The lowest BCUT2D eigenvalue weighted by atomic mass is 10.1. The van der Waals surface area contributed by atoms with Crippen molar-refractivity contribution in [3.05, 3.63) is 53.7 Å². The Balaban J connectivity index is 1.53. The number of fused-ring (bicyclic) bond motifs is 1.